The Labute approximate surface area is 202 Å². The molecule has 0 amide bonds. The maximum atomic E-state index is 11.8. The number of pyridine rings is 3. The lowest BCUT2D eigenvalue weighted by molar-refractivity contribution is 0.0686. The van der Waals surface area contributed by atoms with Gasteiger partial charge in [0.2, 0.25) is 0 Å². The lowest BCUT2D eigenvalue weighted by Crippen LogP contribution is -2.14. The molecule has 0 saturated carbocycles. The number of hydrogen-bond acceptors (Lipinski definition) is 8. The number of carbonyl (C=O) groups is 2. The van der Waals surface area contributed by atoms with Gasteiger partial charge in [-0.05, 0) is 42.3 Å². The molecule has 1 aliphatic rings. The van der Waals surface area contributed by atoms with Crippen LogP contribution < -0.4 is 9.47 Å². The first-order chi connectivity index (χ1) is 17.0. The summed E-state index contributed by atoms with van der Waals surface area (Å²) >= 11 is 1.43. The van der Waals surface area contributed by atoms with Gasteiger partial charge < -0.3 is 19.7 Å². The van der Waals surface area contributed by atoms with Crippen molar-refractivity contribution < 1.29 is 29.3 Å². The van der Waals surface area contributed by atoms with Gasteiger partial charge in [0.05, 0.1) is 33.9 Å². The Bertz CT molecular complexity index is 1540. The Hall–Kier alpha value is -4.75. The van der Waals surface area contributed by atoms with Gasteiger partial charge in [0.25, 0.3) is 0 Å². The molecular weight excluding hydrogens is 470 g/mol. The Kier molecular flexibility index (Phi) is 5.83. The number of aromatic carboxylic acids is 2. The highest BCUT2D eigenvalue weighted by Crippen LogP contribution is 2.38. The third-order valence-electron chi connectivity index (χ3n) is 4.99. The second-order valence-corrected chi connectivity index (χ2v) is 8.18. The van der Waals surface area contributed by atoms with Crippen LogP contribution in [0.15, 0.2) is 54.2 Å². The number of ether oxygens (including phenoxy) is 2. The molecule has 9 nitrogen and oxygen atoms in total. The predicted octanol–water partition coefficient (Wildman–Crippen LogP) is 3.83. The fraction of sp³-hybridized carbons (Fsp3) is 0.0800. The molecule has 0 unspecified atom stereocenters. The normalized spacial score (nSPS) is 11.9. The van der Waals surface area contributed by atoms with Gasteiger partial charge >= 0.3 is 11.9 Å². The number of thiophene rings is 1. The molecule has 0 bridgehead atoms. The van der Waals surface area contributed by atoms with Crippen molar-refractivity contribution in [2.75, 3.05) is 13.2 Å². The van der Waals surface area contributed by atoms with Crippen LogP contribution >= 0.6 is 11.3 Å². The summed E-state index contributed by atoms with van der Waals surface area (Å²) in [6.45, 7) is 0.973. The van der Waals surface area contributed by atoms with Crippen LogP contribution in [0.5, 0.6) is 11.5 Å². The molecule has 0 aromatic carbocycles. The van der Waals surface area contributed by atoms with Crippen LogP contribution in [0.3, 0.4) is 0 Å². The summed E-state index contributed by atoms with van der Waals surface area (Å²) in [6, 6.07) is 8.85. The third-order valence-corrected chi connectivity index (χ3v) is 5.84. The first-order valence-corrected chi connectivity index (χ1v) is 11.2. The number of nitrogens with zero attached hydrogens (tertiary/aromatic N) is 3. The zero-order valence-electron chi connectivity index (χ0n) is 17.9. The highest BCUT2D eigenvalue weighted by molar-refractivity contribution is 7.11. The lowest BCUT2D eigenvalue weighted by atomic mass is 10.1. The summed E-state index contributed by atoms with van der Waals surface area (Å²) in [5.41, 5.74) is 1.76. The average Bonchev–Trinajstić information content (AvgIpc) is 3.30. The van der Waals surface area contributed by atoms with Gasteiger partial charge in [-0.2, -0.15) is 0 Å². The quantitative estimate of drug-likeness (QED) is 0.414. The lowest BCUT2D eigenvalue weighted by Gasteiger charge is -2.14. The van der Waals surface area contributed by atoms with E-state index in [1.807, 2.05) is 5.38 Å². The van der Waals surface area contributed by atoms with Crippen molar-refractivity contribution >= 4 is 23.3 Å². The molecule has 0 aliphatic carbocycles. The highest BCUT2D eigenvalue weighted by atomic mass is 32.1. The van der Waals surface area contributed by atoms with Crippen LogP contribution in [-0.2, 0) is 0 Å². The van der Waals surface area contributed by atoms with E-state index in [4.69, 9.17) is 9.47 Å². The molecule has 0 saturated heterocycles. The van der Waals surface area contributed by atoms with Gasteiger partial charge in [-0.15, -0.1) is 11.3 Å². The van der Waals surface area contributed by atoms with E-state index in [9.17, 15) is 19.8 Å². The van der Waals surface area contributed by atoms with Gasteiger partial charge in [-0.25, -0.2) is 14.6 Å². The van der Waals surface area contributed by atoms with Crippen LogP contribution in [-0.4, -0.2) is 50.3 Å². The fourth-order valence-electron chi connectivity index (χ4n) is 3.35. The molecule has 0 fully saturated rings. The zero-order valence-corrected chi connectivity index (χ0v) is 18.7. The third kappa shape index (κ3) is 4.66. The molecule has 4 aromatic heterocycles. The van der Waals surface area contributed by atoms with E-state index in [1.165, 1.54) is 41.8 Å². The SMILES string of the molecule is O=C(O)c1ccnc(-c2cc(C(=O)O)cc(-c3cc(C#Cc4scc5c4OCCO5)ccn3)n2)c1. The average molecular weight is 485 g/mol. The Morgan fingerprint density at radius 2 is 1.49 bits per heavy atom. The molecule has 172 valence electrons. The van der Waals surface area contributed by atoms with Crippen molar-refractivity contribution in [2.24, 2.45) is 0 Å². The largest absolute Gasteiger partial charge is 0.485 e. The van der Waals surface area contributed by atoms with Crippen molar-refractivity contribution in [3.05, 3.63) is 75.7 Å². The minimum absolute atomic E-state index is 0.0135. The molecule has 0 atom stereocenters. The molecular formula is C25H15N3O6S. The van der Waals surface area contributed by atoms with Crippen molar-refractivity contribution in [2.45, 2.75) is 0 Å². The van der Waals surface area contributed by atoms with Crippen LogP contribution in [0.25, 0.3) is 22.8 Å². The van der Waals surface area contributed by atoms with Crippen molar-refractivity contribution in [3.63, 3.8) is 0 Å². The molecule has 10 heteroatoms. The van der Waals surface area contributed by atoms with Gasteiger partial charge in [-0.3, -0.25) is 9.97 Å². The molecule has 5 rings (SSSR count). The number of rotatable bonds is 4. The van der Waals surface area contributed by atoms with E-state index in [2.05, 4.69) is 26.8 Å². The van der Waals surface area contributed by atoms with E-state index in [0.717, 1.165) is 4.88 Å². The summed E-state index contributed by atoms with van der Waals surface area (Å²) < 4.78 is 11.2. The van der Waals surface area contributed by atoms with E-state index >= 15 is 0 Å². The van der Waals surface area contributed by atoms with E-state index < -0.39 is 11.9 Å². The second kappa shape index (κ2) is 9.24. The Morgan fingerprint density at radius 1 is 0.829 bits per heavy atom. The molecule has 35 heavy (non-hydrogen) atoms. The number of aromatic nitrogens is 3. The topological polar surface area (TPSA) is 132 Å². The minimum Gasteiger partial charge on any atom is -0.485 e. The smallest absolute Gasteiger partial charge is 0.335 e. The van der Waals surface area contributed by atoms with Gasteiger partial charge in [0.1, 0.15) is 18.1 Å². The minimum atomic E-state index is -1.16. The first-order valence-electron chi connectivity index (χ1n) is 10.3. The number of fused-ring (bicyclic) bond motifs is 1. The van der Waals surface area contributed by atoms with Gasteiger partial charge in [0, 0.05) is 23.3 Å². The molecule has 2 N–H and O–H groups in total. The summed E-state index contributed by atoms with van der Waals surface area (Å²) in [6.07, 6.45) is 2.89. The Balaban J connectivity index is 1.53. The van der Waals surface area contributed by atoms with Gasteiger partial charge in [0.15, 0.2) is 11.5 Å². The number of carboxylic acid groups (broad SMARTS) is 2. The van der Waals surface area contributed by atoms with E-state index in [0.29, 0.717) is 36.0 Å². The summed E-state index contributed by atoms with van der Waals surface area (Å²) in [7, 11) is 0. The van der Waals surface area contributed by atoms with E-state index in [-0.39, 0.29) is 28.2 Å². The maximum absolute atomic E-state index is 11.8. The Morgan fingerprint density at radius 3 is 2.23 bits per heavy atom. The maximum Gasteiger partial charge on any atom is 0.335 e. The first kappa shape index (κ1) is 22.1. The van der Waals surface area contributed by atoms with Crippen molar-refractivity contribution in [1.29, 1.82) is 0 Å². The predicted molar refractivity (Wildman–Crippen MR) is 126 cm³/mol. The van der Waals surface area contributed by atoms with Crippen LogP contribution in [0.1, 0.15) is 31.2 Å². The van der Waals surface area contributed by atoms with Crippen LogP contribution in [0, 0.1) is 11.8 Å². The molecule has 0 spiro atoms. The second-order valence-electron chi connectivity index (χ2n) is 7.30. The molecule has 1 aliphatic heterocycles. The summed E-state index contributed by atoms with van der Waals surface area (Å²) in [5, 5.41) is 20.7. The molecule has 0 radical (unpaired) electrons. The van der Waals surface area contributed by atoms with Gasteiger partial charge in [-0.1, -0.05) is 5.92 Å². The monoisotopic (exact) mass is 485 g/mol. The van der Waals surface area contributed by atoms with Crippen molar-refractivity contribution in [1.82, 2.24) is 15.0 Å². The van der Waals surface area contributed by atoms with E-state index in [1.54, 1.807) is 18.3 Å². The highest BCUT2D eigenvalue weighted by Gasteiger charge is 2.17. The zero-order chi connectivity index (χ0) is 24.4. The standard InChI is InChI=1S/C25H15N3O6S/c29-24(30)15-4-6-27-18(10-15)20-12-16(25(31)32)11-19(28-20)17-9-14(3-5-26-17)1-2-22-23-21(13-35-22)33-7-8-34-23/h3-6,9-13H,7-8H2,(H,29,30)(H,31,32). The molecule has 5 heterocycles. The van der Waals surface area contributed by atoms with Crippen LogP contribution in [0.2, 0.25) is 0 Å². The summed E-state index contributed by atoms with van der Waals surface area (Å²) in [5.74, 6) is 5.20. The fourth-order valence-corrected chi connectivity index (χ4v) is 4.12. The number of hydrogen-bond donors (Lipinski definition) is 2. The van der Waals surface area contributed by atoms with Crippen LogP contribution in [0.4, 0.5) is 0 Å². The summed E-state index contributed by atoms with van der Waals surface area (Å²) in [4.78, 5) is 36.8. The van der Waals surface area contributed by atoms with Crippen molar-refractivity contribution in [3.8, 4) is 46.1 Å². The number of carboxylic acids is 2. The molecule has 4 aromatic rings.